The second kappa shape index (κ2) is 8.91. The van der Waals surface area contributed by atoms with Crippen LogP contribution in [0.2, 0.25) is 0 Å². The van der Waals surface area contributed by atoms with Gasteiger partial charge in [0.1, 0.15) is 17.8 Å². The summed E-state index contributed by atoms with van der Waals surface area (Å²) >= 11 is 0. The third kappa shape index (κ3) is 3.69. The molecule has 0 radical (unpaired) electrons. The van der Waals surface area contributed by atoms with Crippen molar-refractivity contribution in [3.05, 3.63) is 0 Å². The third-order valence-corrected chi connectivity index (χ3v) is 12.7. The van der Waals surface area contributed by atoms with E-state index in [-0.39, 0.29) is 29.6 Å². The van der Waals surface area contributed by atoms with Gasteiger partial charge in [0.05, 0.1) is 12.7 Å². The van der Waals surface area contributed by atoms with Crippen molar-refractivity contribution in [2.75, 3.05) is 6.61 Å². The van der Waals surface area contributed by atoms with Crippen LogP contribution in [0.4, 0.5) is 0 Å². The van der Waals surface area contributed by atoms with E-state index in [1.165, 1.54) is 13.8 Å². The van der Waals surface area contributed by atoms with E-state index < -0.39 is 22.9 Å². The van der Waals surface area contributed by atoms with Crippen LogP contribution in [0, 0.1) is 46.3 Å². The Morgan fingerprint density at radius 3 is 2.32 bits per heavy atom. The van der Waals surface area contributed by atoms with Gasteiger partial charge in [0.25, 0.3) is 0 Å². The molecule has 214 valence electrons. The molecule has 2 aliphatic heterocycles. The van der Waals surface area contributed by atoms with Gasteiger partial charge in [-0.3, -0.25) is 9.59 Å². The summed E-state index contributed by atoms with van der Waals surface area (Å²) in [4.78, 5) is 24.0. The predicted octanol–water partition coefficient (Wildman–Crippen LogP) is 5.02. The first-order valence-electron chi connectivity index (χ1n) is 15.2. The molecule has 4 saturated carbocycles. The fourth-order valence-corrected chi connectivity index (χ4v) is 10.9. The zero-order valence-electron chi connectivity index (χ0n) is 24.2. The van der Waals surface area contributed by atoms with Crippen molar-refractivity contribution in [2.45, 2.75) is 129 Å². The third-order valence-electron chi connectivity index (χ3n) is 12.7. The Morgan fingerprint density at radius 2 is 1.66 bits per heavy atom. The fraction of sp³-hybridized carbons (Fsp3) is 0.935. The monoisotopic (exact) mass is 532 g/mol. The van der Waals surface area contributed by atoms with Crippen LogP contribution in [0.25, 0.3) is 0 Å². The summed E-state index contributed by atoms with van der Waals surface area (Å²) in [5.41, 5.74) is -1.47. The summed E-state index contributed by atoms with van der Waals surface area (Å²) < 4.78 is 24.9. The number of rotatable bonds is 2. The summed E-state index contributed by atoms with van der Waals surface area (Å²) in [5.74, 6) is 1.45. The van der Waals surface area contributed by atoms with E-state index in [9.17, 15) is 14.7 Å². The molecule has 1 N–H and O–H groups in total. The summed E-state index contributed by atoms with van der Waals surface area (Å²) in [6, 6.07) is 0. The van der Waals surface area contributed by atoms with Gasteiger partial charge in [0, 0.05) is 38.0 Å². The standard InChI is InChI=1S/C31H48O7/c1-17-7-12-31(35-16-17)18(2)27-25(38-31)14-24-22-13-26(37-20(4)33)30(34)15-21(36-19(3)32)8-11-29(30,6)23(22)9-10-28(24,27)5/h17-18,21-27,34H,7-16H2,1-6H3/t17-,18+,21-,22-,23+,24+,25+,26-,27+,28-,29+,30-,31-/m0/s1. The molecule has 0 aromatic rings. The van der Waals surface area contributed by atoms with Gasteiger partial charge in [-0.05, 0) is 80.0 Å². The van der Waals surface area contributed by atoms with Crippen LogP contribution in [-0.2, 0) is 28.5 Å². The van der Waals surface area contributed by atoms with Crippen molar-refractivity contribution in [1.29, 1.82) is 0 Å². The molecule has 1 spiro atoms. The number of fused-ring (bicyclic) bond motifs is 7. The normalized spacial score (nSPS) is 55.4. The Morgan fingerprint density at radius 1 is 0.921 bits per heavy atom. The molecule has 4 aliphatic carbocycles. The molecule has 0 amide bonds. The van der Waals surface area contributed by atoms with Crippen LogP contribution in [0.5, 0.6) is 0 Å². The molecule has 2 saturated heterocycles. The van der Waals surface area contributed by atoms with Crippen molar-refractivity contribution in [3.8, 4) is 0 Å². The summed E-state index contributed by atoms with van der Waals surface area (Å²) in [6.07, 6.45) is 7.09. The minimum absolute atomic E-state index is 0.142. The maximum atomic E-state index is 12.4. The van der Waals surface area contributed by atoms with Crippen molar-refractivity contribution < 1.29 is 33.6 Å². The second-order valence-electron chi connectivity index (χ2n) is 14.5. The van der Waals surface area contributed by atoms with E-state index in [2.05, 4.69) is 27.7 Å². The van der Waals surface area contributed by atoms with E-state index in [4.69, 9.17) is 18.9 Å². The average Bonchev–Trinajstić information content (AvgIpc) is 3.27. The number of esters is 2. The molecule has 0 aromatic carbocycles. The summed E-state index contributed by atoms with van der Waals surface area (Å²) in [6.45, 7) is 13.0. The largest absolute Gasteiger partial charge is 0.462 e. The molecule has 0 aromatic heterocycles. The molecule has 7 nitrogen and oxygen atoms in total. The fourth-order valence-electron chi connectivity index (χ4n) is 10.9. The van der Waals surface area contributed by atoms with E-state index in [1.807, 2.05) is 0 Å². The highest BCUT2D eigenvalue weighted by molar-refractivity contribution is 5.66. The first-order valence-corrected chi connectivity index (χ1v) is 15.2. The van der Waals surface area contributed by atoms with Gasteiger partial charge in [-0.1, -0.05) is 27.7 Å². The molecule has 2 heterocycles. The maximum Gasteiger partial charge on any atom is 0.303 e. The first-order chi connectivity index (χ1) is 17.8. The molecule has 0 bridgehead atoms. The van der Waals surface area contributed by atoms with Crippen LogP contribution in [0.3, 0.4) is 0 Å². The maximum absolute atomic E-state index is 12.4. The second-order valence-corrected chi connectivity index (χ2v) is 14.5. The van der Waals surface area contributed by atoms with E-state index in [0.29, 0.717) is 48.3 Å². The highest BCUT2D eigenvalue weighted by atomic mass is 16.7. The van der Waals surface area contributed by atoms with Crippen LogP contribution in [0.15, 0.2) is 0 Å². The number of aliphatic hydroxyl groups is 1. The number of hydrogen-bond acceptors (Lipinski definition) is 7. The number of carbonyl (C=O) groups excluding carboxylic acids is 2. The first kappa shape index (κ1) is 27.0. The predicted molar refractivity (Wildman–Crippen MR) is 140 cm³/mol. The number of hydrogen-bond donors (Lipinski definition) is 1. The zero-order chi connectivity index (χ0) is 27.3. The molecular formula is C31H48O7. The Hall–Kier alpha value is -1.18. The van der Waals surface area contributed by atoms with Gasteiger partial charge >= 0.3 is 11.9 Å². The lowest BCUT2D eigenvalue weighted by atomic mass is 9.42. The molecule has 6 rings (SSSR count). The topological polar surface area (TPSA) is 91.3 Å². The molecule has 6 fully saturated rings. The Bertz CT molecular complexity index is 973. The van der Waals surface area contributed by atoms with Crippen molar-refractivity contribution in [1.82, 2.24) is 0 Å². The van der Waals surface area contributed by atoms with E-state index >= 15 is 0 Å². The van der Waals surface area contributed by atoms with Crippen LogP contribution < -0.4 is 0 Å². The molecule has 38 heavy (non-hydrogen) atoms. The minimum Gasteiger partial charge on any atom is -0.462 e. The Kier molecular flexibility index (Phi) is 6.33. The molecule has 6 aliphatic rings. The van der Waals surface area contributed by atoms with Crippen molar-refractivity contribution in [2.24, 2.45) is 46.3 Å². The van der Waals surface area contributed by atoms with Gasteiger partial charge in [-0.15, -0.1) is 0 Å². The van der Waals surface area contributed by atoms with Crippen LogP contribution in [-0.4, -0.2) is 53.4 Å². The summed E-state index contributed by atoms with van der Waals surface area (Å²) in [5, 5.41) is 12.4. The van der Waals surface area contributed by atoms with Gasteiger partial charge in [-0.25, -0.2) is 0 Å². The lowest BCUT2D eigenvalue weighted by Crippen LogP contribution is -2.69. The van der Waals surface area contributed by atoms with Gasteiger partial charge in [0.2, 0.25) is 0 Å². The van der Waals surface area contributed by atoms with Crippen LogP contribution >= 0.6 is 0 Å². The zero-order valence-corrected chi connectivity index (χ0v) is 24.2. The molecular weight excluding hydrogens is 484 g/mol. The number of carbonyl (C=O) groups is 2. The van der Waals surface area contributed by atoms with Gasteiger partial charge < -0.3 is 24.1 Å². The molecule has 0 unspecified atom stereocenters. The summed E-state index contributed by atoms with van der Waals surface area (Å²) in [7, 11) is 0. The van der Waals surface area contributed by atoms with E-state index in [1.54, 1.807) is 0 Å². The SMILES string of the molecule is CC(=O)O[C@H]1CC[C@]2(C)[C@@H]3CC[C@]4(C)[C@@H]5[C@@H](C)[C@]6(CC[C@H](C)CO6)O[C@@H]5C[C@@H]4[C@H]3C[C@H](OC(C)=O)[C@@]2(O)C1. The molecule has 7 heteroatoms. The number of ether oxygens (including phenoxy) is 4. The van der Waals surface area contributed by atoms with Gasteiger partial charge in [0.15, 0.2) is 5.79 Å². The lowest BCUT2D eigenvalue weighted by Gasteiger charge is -2.65. The minimum atomic E-state index is -1.21. The van der Waals surface area contributed by atoms with Crippen molar-refractivity contribution >= 4 is 11.9 Å². The van der Waals surface area contributed by atoms with Gasteiger partial charge in [-0.2, -0.15) is 0 Å². The quantitative estimate of drug-likeness (QED) is 0.499. The Labute approximate surface area is 227 Å². The van der Waals surface area contributed by atoms with E-state index in [0.717, 1.165) is 51.6 Å². The highest BCUT2D eigenvalue weighted by Gasteiger charge is 2.72. The highest BCUT2D eigenvalue weighted by Crippen LogP contribution is 2.72. The smallest absolute Gasteiger partial charge is 0.303 e. The average molecular weight is 533 g/mol. The lowest BCUT2D eigenvalue weighted by molar-refractivity contribution is -0.281. The van der Waals surface area contributed by atoms with Crippen LogP contribution in [0.1, 0.15) is 99.3 Å². The Balaban J connectivity index is 1.30. The molecule has 13 atom stereocenters. The van der Waals surface area contributed by atoms with Crippen molar-refractivity contribution in [3.63, 3.8) is 0 Å².